The highest BCUT2D eigenvalue weighted by molar-refractivity contribution is 9.09. The maximum Gasteiger partial charge on any atom is 0.276 e. The first-order valence-corrected chi connectivity index (χ1v) is 5.68. The summed E-state index contributed by atoms with van der Waals surface area (Å²) in [6.07, 6.45) is 3.60. The van der Waals surface area contributed by atoms with Crippen LogP contribution < -0.4 is 0 Å². The molecule has 76 valence electrons. The first kappa shape index (κ1) is 9.64. The van der Waals surface area contributed by atoms with Gasteiger partial charge in [-0.1, -0.05) is 15.9 Å². The second-order valence-corrected chi connectivity index (χ2v) is 3.95. The van der Waals surface area contributed by atoms with Crippen molar-refractivity contribution in [2.24, 2.45) is 0 Å². The summed E-state index contributed by atoms with van der Waals surface area (Å²) in [5.74, 6) is -0.0271. The molecule has 0 aliphatic carbocycles. The summed E-state index contributed by atoms with van der Waals surface area (Å²) in [6, 6.07) is 0.305. The molecule has 1 fully saturated rings. The van der Waals surface area contributed by atoms with Gasteiger partial charge >= 0.3 is 0 Å². The largest absolute Gasteiger partial charge is 0.333 e. The van der Waals surface area contributed by atoms with Crippen LogP contribution in [0, 0.1) is 0 Å². The van der Waals surface area contributed by atoms with Gasteiger partial charge in [0.25, 0.3) is 5.91 Å². The zero-order valence-corrected chi connectivity index (χ0v) is 9.20. The first-order chi connectivity index (χ1) is 6.83. The highest BCUT2D eigenvalue weighted by Gasteiger charge is 2.29. The van der Waals surface area contributed by atoms with Crippen molar-refractivity contribution in [1.29, 1.82) is 0 Å². The number of carbonyl (C=O) groups excluding carboxylic acids is 1. The molecule has 1 N–H and O–H groups in total. The van der Waals surface area contributed by atoms with Crippen molar-refractivity contribution in [3.63, 3.8) is 0 Å². The maximum absolute atomic E-state index is 11.9. The average molecular weight is 259 g/mol. The molecule has 1 amide bonds. The Morgan fingerprint density at radius 2 is 2.64 bits per heavy atom. The number of hydrogen-bond donors (Lipinski definition) is 1. The van der Waals surface area contributed by atoms with E-state index in [9.17, 15) is 4.79 Å². The summed E-state index contributed by atoms with van der Waals surface area (Å²) in [5.41, 5.74) is 0.401. The molecule has 1 atom stereocenters. The van der Waals surface area contributed by atoms with Gasteiger partial charge in [0, 0.05) is 17.9 Å². The van der Waals surface area contributed by atoms with Crippen LogP contribution in [0.4, 0.5) is 0 Å². The summed E-state index contributed by atoms with van der Waals surface area (Å²) < 4.78 is 0. The molecule has 6 heteroatoms. The maximum atomic E-state index is 11.9. The van der Waals surface area contributed by atoms with Gasteiger partial charge in [0.1, 0.15) is 0 Å². The number of nitrogens with zero attached hydrogens (tertiary/aromatic N) is 3. The fourth-order valence-corrected chi connectivity index (χ4v) is 2.39. The molecule has 1 aliphatic heterocycles. The van der Waals surface area contributed by atoms with Crippen molar-refractivity contribution >= 4 is 21.8 Å². The van der Waals surface area contributed by atoms with E-state index in [0.717, 1.165) is 24.7 Å². The fraction of sp³-hybridized carbons (Fsp3) is 0.625. The molecule has 14 heavy (non-hydrogen) atoms. The van der Waals surface area contributed by atoms with Gasteiger partial charge in [0.05, 0.1) is 6.20 Å². The third-order valence-corrected chi connectivity index (χ3v) is 3.20. The van der Waals surface area contributed by atoms with Gasteiger partial charge in [-0.25, -0.2) is 0 Å². The number of H-pyrrole nitrogens is 1. The Hall–Kier alpha value is -0.910. The van der Waals surface area contributed by atoms with E-state index >= 15 is 0 Å². The van der Waals surface area contributed by atoms with E-state index in [2.05, 4.69) is 31.3 Å². The number of halogens is 1. The number of rotatable bonds is 2. The second kappa shape index (κ2) is 4.08. The van der Waals surface area contributed by atoms with Crippen LogP contribution in [0.2, 0.25) is 0 Å². The van der Waals surface area contributed by atoms with Crippen LogP contribution >= 0.6 is 15.9 Å². The Labute approximate surface area is 90.0 Å². The molecule has 0 saturated carbocycles. The first-order valence-electron chi connectivity index (χ1n) is 4.55. The van der Waals surface area contributed by atoms with Crippen molar-refractivity contribution in [3.8, 4) is 0 Å². The van der Waals surface area contributed by atoms with Crippen LogP contribution in [-0.2, 0) is 0 Å². The van der Waals surface area contributed by atoms with Crippen molar-refractivity contribution in [1.82, 2.24) is 20.3 Å². The lowest BCUT2D eigenvalue weighted by Crippen LogP contribution is -2.36. The van der Waals surface area contributed by atoms with E-state index in [1.54, 1.807) is 0 Å². The molecule has 0 aromatic carbocycles. The minimum absolute atomic E-state index is 0.0271. The van der Waals surface area contributed by atoms with Gasteiger partial charge in [-0.05, 0) is 12.8 Å². The molecule has 5 nitrogen and oxygen atoms in total. The Kier molecular flexibility index (Phi) is 2.81. The van der Waals surface area contributed by atoms with Gasteiger partial charge in [-0.2, -0.15) is 15.4 Å². The van der Waals surface area contributed by atoms with Crippen LogP contribution in [-0.4, -0.2) is 44.1 Å². The van der Waals surface area contributed by atoms with E-state index < -0.39 is 0 Å². The topological polar surface area (TPSA) is 61.9 Å². The van der Waals surface area contributed by atoms with E-state index in [0.29, 0.717) is 11.7 Å². The Balaban J connectivity index is 2.11. The summed E-state index contributed by atoms with van der Waals surface area (Å²) in [7, 11) is 0. The molecule has 0 spiro atoms. The Morgan fingerprint density at radius 3 is 3.29 bits per heavy atom. The van der Waals surface area contributed by atoms with Crippen LogP contribution in [0.3, 0.4) is 0 Å². The molecule has 0 radical (unpaired) electrons. The number of carbonyl (C=O) groups is 1. The third-order valence-electron chi connectivity index (χ3n) is 2.45. The summed E-state index contributed by atoms with van der Waals surface area (Å²) in [6.45, 7) is 0.821. The van der Waals surface area contributed by atoms with E-state index in [1.807, 2.05) is 4.90 Å². The minimum Gasteiger partial charge on any atom is -0.333 e. The number of nitrogens with one attached hydrogen (secondary N) is 1. The highest BCUT2D eigenvalue weighted by atomic mass is 79.9. The average Bonchev–Trinajstić information content (AvgIpc) is 2.87. The summed E-state index contributed by atoms with van der Waals surface area (Å²) in [4.78, 5) is 13.7. The molecule has 2 rings (SSSR count). The van der Waals surface area contributed by atoms with Gasteiger partial charge in [0.15, 0.2) is 5.69 Å². The molecule has 2 heterocycles. The lowest BCUT2D eigenvalue weighted by molar-refractivity contribution is 0.0744. The van der Waals surface area contributed by atoms with E-state index in [4.69, 9.17) is 0 Å². The van der Waals surface area contributed by atoms with E-state index in [1.165, 1.54) is 6.20 Å². The monoisotopic (exact) mass is 258 g/mol. The van der Waals surface area contributed by atoms with Crippen LogP contribution in [0.25, 0.3) is 0 Å². The van der Waals surface area contributed by atoms with Crippen molar-refractivity contribution in [2.75, 3.05) is 11.9 Å². The van der Waals surface area contributed by atoms with Crippen LogP contribution in [0.15, 0.2) is 6.20 Å². The molecule has 1 aromatic rings. The standard InChI is InChI=1S/C8H11BrN4O/c9-4-6-2-1-3-13(6)8(14)7-5-10-12-11-7/h5-6H,1-4H2,(H,10,11,12). The van der Waals surface area contributed by atoms with Crippen molar-refractivity contribution in [3.05, 3.63) is 11.9 Å². The Bertz CT molecular complexity index is 313. The number of hydrogen-bond acceptors (Lipinski definition) is 3. The van der Waals surface area contributed by atoms with Gasteiger partial charge in [-0.3, -0.25) is 4.79 Å². The molecule has 0 bridgehead atoms. The predicted molar refractivity (Wildman–Crippen MR) is 54.2 cm³/mol. The molecule has 1 aromatic heterocycles. The molecule has 1 saturated heterocycles. The quantitative estimate of drug-likeness (QED) is 0.799. The second-order valence-electron chi connectivity index (χ2n) is 3.30. The summed E-state index contributed by atoms with van der Waals surface area (Å²) >= 11 is 3.41. The van der Waals surface area contributed by atoms with Crippen LogP contribution in [0.1, 0.15) is 23.3 Å². The number of alkyl halides is 1. The number of aromatic amines is 1. The normalized spacial score (nSPS) is 21.5. The van der Waals surface area contributed by atoms with Gasteiger partial charge in [-0.15, -0.1) is 0 Å². The fourth-order valence-electron chi connectivity index (χ4n) is 1.72. The zero-order chi connectivity index (χ0) is 9.97. The number of aromatic nitrogens is 3. The number of amides is 1. The number of likely N-dealkylation sites (tertiary alicyclic amines) is 1. The lowest BCUT2D eigenvalue weighted by Gasteiger charge is -2.21. The lowest BCUT2D eigenvalue weighted by atomic mass is 10.2. The van der Waals surface area contributed by atoms with Crippen LogP contribution in [0.5, 0.6) is 0 Å². The minimum atomic E-state index is -0.0271. The predicted octanol–water partition coefficient (Wildman–Crippen LogP) is 0.804. The van der Waals surface area contributed by atoms with Crippen molar-refractivity contribution in [2.45, 2.75) is 18.9 Å². The molecule has 1 aliphatic rings. The summed E-state index contributed by atoms with van der Waals surface area (Å²) in [5, 5.41) is 10.7. The highest BCUT2D eigenvalue weighted by Crippen LogP contribution is 2.20. The van der Waals surface area contributed by atoms with Gasteiger partial charge in [0.2, 0.25) is 0 Å². The molecular weight excluding hydrogens is 248 g/mol. The van der Waals surface area contributed by atoms with Crippen molar-refractivity contribution < 1.29 is 4.79 Å². The van der Waals surface area contributed by atoms with Gasteiger partial charge < -0.3 is 4.90 Å². The van der Waals surface area contributed by atoms with E-state index in [-0.39, 0.29) is 5.91 Å². The SMILES string of the molecule is O=C(c1cn[nH]n1)N1CCCC1CBr. The third kappa shape index (κ3) is 1.66. The molecular formula is C8H11BrN4O. The molecule has 1 unspecified atom stereocenters. The zero-order valence-electron chi connectivity index (χ0n) is 7.61. The Morgan fingerprint density at radius 1 is 1.79 bits per heavy atom. The smallest absolute Gasteiger partial charge is 0.276 e.